The molecule has 1 aliphatic carbocycles. The number of hydrogen-bond acceptors (Lipinski definition) is 8. The van der Waals surface area contributed by atoms with Crippen molar-refractivity contribution in [3.8, 4) is 11.4 Å². The third kappa shape index (κ3) is 6.63. The molecule has 0 bridgehead atoms. The maximum absolute atomic E-state index is 12.5. The first kappa shape index (κ1) is 27.3. The molecule has 2 aliphatic rings. The Kier molecular flexibility index (Phi) is 8.97. The molecular formula is C30H36N8O2. The number of aromatic nitrogens is 4. The zero-order valence-electron chi connectivity index (χ0n) is 23.2. The van der Waals surface area contributed by atoms with Crippen molar-refractivity contribution in [2.24, 2.45) is 5.10 Å². The number of benzene rings is 2. The summed E-state index contributed by atoms with van der Waals surface area (Å²) in [6, 6.07) is 18.3. The summed E-state index contributed by atoms with van der Waals surface area (Å²) in [5.41, 5.74) is 9.48. The van der Waals surface area contributed by atoms with Gasteiger partial charge in [-0.15, -0.1) is 10.2 Å². The maximum Gasteiger partial charge on any atom is 0.263 e. The van der Waals surface area contributed by atoms with E-state index in [1.807, 2.05) is 30.3 Å². The summed E-state index contributed by atoms with van der Waals surface area (Å²) >= 11 is 0. The van der Waals surface area contributed by atoms with E-state index in [0.717, 1.165) is 50.2 Å². The van der Waals surface area contributed by atoms with Crippen LogP contribution in [0.4, 0.5) is 5.69 Å². The smallest absolute Gasteiger partial charge is 0.263 e. The van der Waals surface area contributed by atoms with Crippen LogP contribution in [-0.4, -0.2) is 76.6 Å². The summed E-state index contributed by atoms with van der Waals surface area (Å²) in [6.45, 7) is 9.33. The van der Waals surface area contributed by atoms with Crippen LogP contribution >= 0.6 is 0 Å². The third-order valence-electron chi connectivity index (χ3n) is 7.14. The molecule has 0 radical (unpaired) electrons. The van der Waals surface area contributed by atoms with E-state index >= 15 is 0 Å². The second-order valence-corrected chi connectivity index (χ2v) is 9.71. The van der Waals surface area contributed by atoms with E-state index in [-0.39, 0.29) is 12.5 Å². The van der Waals surface area contributed by atoms with Gasteiger partial charge in [-0.25, -0.2) is 5.43 Å². The number of carbonyl (C=O) groups is 1. The number of nitrogens with zero attached hydrogens (tertiary/aromatic N) is 7. The van der Waals surface area contributed by atoms with Crippen LogP contribution in [-0.2, 0) is 16.1 Å². The van der Waals surface area contributed by atoms with Gasteiger partial charge in [-0.3, -0.25) is 4.79 Å². The van der Waals surface area contributed by atoms with Crippen molar-refractivity contribution in [3.05, 3.63) is 77.0 Å². The minimum Gasteiger partial charge on any atom is -0.378 e. The van der Waals surface area contributed by atoms with Gasteiger partial charge in [-0.1, -0.05) is 42.5 Å². The quantitative estimate of drug-likeness (QED) is 0.309. The van der Waals surface area contributed by atoms with E-state index in [0.29, 0.717) is 19.0 Å². The van der Waals surface area contributed by atoms with Crippen LogP contribution in [0.25, 0.3) is 17.5 Å². The fraction of sp³-hybridized carbons (Fsp3) is 0.367. The molecule has 1 N–H and O–H groups in total. The Hall–Kier alpha value is -4.31. The Morgan fingerprint density at radius 1 is 1.05 bits per heavy atom. The number of tetrazole rings is 1. The Bertz CT molecular complexity index is 1370. The van der Waals surface area contributed by atoms with Crippen molar-refractivity contribution in [1.82, 2.24) is 30.5 Å². The number of hydrogen-bond donors (Lipinski definition) is 1. The number of morpholine rings is 1. The number of nitrogens with one attached hydrogen (secondary N) is 1. The fourth-order valence-corrected chi connectivity index (χ4v) is 5.10. The van der Waals surface area contributed by atoms with Gasteiger partial charge in [-0.2, -0.15) is 9.90 Å². The summed E-state index contributed by atoms with van der Waals surface area (Å²) < 4.78 is 5.61. The third-order valence-corrected chi connectivity index (χ3v) is 7.14. The molecule has 5 rings (SSSR count). The lowest BCUT2D eigenvalue weighted by atomic mass is 10.1. The zero-order chi connectivity index (χ0) is 27.7. The van der Waals surface area contributed by atoms with Crippen molar-refractivity contribution >= 4 is 23.9 Å². The van der Waals surface area contributed by atoms with Gasteiger partial charge in [0.15, 0.2) is 0 Å². The average Bonchev–Trinajstić information content (AvgIpc) is 3.62. The van der Waals surface area contributed by atoms with Gasteiger partial charge in [0.05, 0.1) is 19.4 Å². The number of amides is 1. The van der Waals surface area contributed by atoms with E-state index in [4.69, 9.17) is 4.74 Å². The lowest BCUT2D eigenvalue weighted by molar-refractivity contribution is -0.122. The van der Waals surface area contributed by atoms with Crippen LogP contribution in [0.1, 0.15) is 32.3 Å². The molecule has 0 spiro atoms. The SMILES string of the molecule is CCN(CC)c1ccc(C=C2CCC(C=NNC(=O)Cn3nnc(-c4ccccc4)n3)=C2N2CCOCC2)cc1. The average molecular weight is 541 g/mol. The normalized spacial score (nSPS) is 16.8. The maximum atomic E-state index is 12.5. The van der Waals surface area contributed by atoms with Gasteiger partial charge < -0.3 is 14.5 Å². The number of carbonyl (C=O) groups excluding carboxylic acids is 1. The molecule has 0 saturated carbocycles. The Morgan fingerprint density at radius 3 is 2.52 bits per heavy atom. The molecule has 1 aliphatic heterocycles. The zero-order valence-corrected chi connectivity index (χ0v) is 23.2. The van der Waals surface area contributed by atoms with Gasteiger partial charge in [0.1, 0.15) is 6.54 Å². The topological polar surface area (TPSA) is 101 Å². The first-order valence-corrected chi connectivity index (χ1v) is 13.9. The predicted molar refractivity (Wildman–Crippen MR) is 157 cm³/mol. The Morgan fingerprint density at radius 2 is 1.80 bits per heavy atom. The predicted octanol–water partition coefficient (Wildman–Crippen LogP) is 3.75. The minimum absolute atomic E-state index is 0.0683. The summed E-state index contributed by atoms with van der Waals surface area (Å²) in [5, 5.41) is 16.6. The summed E-state index contributed by atoms with van der Waals surface area (Å²) in [4.78, 5) is 18.5. The summed E-state index contributed by atoms with van der Waals surface area (Å²) in [6.07, 6.45) is 5.83. The van der Waals surface area contributed by atoms with Crippen LogP contribution in [0.15, 0.2) is 76.5 Å². The molecule has 1 aromatic heterocycles. The molecule has 3 aromatic rings. The molecule has 0 unspecified atom stereocenters. The van der Waals surface area contributed by atoms with Gasteiger partial charge in [0.25, 0.3) is 5.91 Å². The second-order valence-electron chi connectivity index (χ2n) is 9.71. The van der Waals surface area contributed by atoms with Gasteiger partial charge in [-0.05, 0) is 66.8 Å². The molecule has 208 valence electrons. The standard InChI is InChI=1S/C30H36N8O2/c1-3-36(4-2)27-14-10-23(11-15-27)20-25-12-13-26(29(25)37-16-18-40-19-17-37)21-31-32-28(39)22-38-34-30(33-35-38)24-8-6-5-7-9-24/h5-11,14-15,20-21H,3-4,12-13,16-19,22H2,1-2H3,(H,32,39). The number of rotatable bonds is 10. The van der Waals surface area contributed by atoms with Crippen LogP contribution in [0.3, 0.4) is 0 Å². The van der Waals surface area contributed by atoms with Gasteiger partial charge >= 0.3 is 0 Å². The van der Waals surface area contributed by atoms with Gasteiger partial charge in [0, 0.05) is 43.1 Å². The molecule has 2 heterocycles. The first-order chi connectivity index (χ1) is 19.6. The molecular weight excluding hydrogens is 504 g/mol. The summed E-state index contributed by atoms with van der Waals surface area (Å²) in [5.74, 6) is 0.161. The van der Waals surface area contributed by atoms with Crippen LogP contribution in [0.2, 0.25) is 0 Å². The fourth-order valence-electron chi connectivity index (χ4n) is 5.10. The number of allylic oxidation sites excluding steroid dienone is 2. The molecule has 10 heteroatoms. The highest BCUT2D eigenvalue weighted by Gasteiger charge is 2.25. The van der Waals surface area contributed by atoms with Crippen molar-refractivity contribution in [3.63, 3.8) is 0 Å². The molecule has 1 saturated heterocycles. The number of anilines is 1. The van der Waals surface area contributed by atoms with E-state index in [1.54, 1.807) is 6.21 Å². The highest BCUT2D eigenvalue weighted by Crippen LogP contribution is 2.35. The van der Waals surface area contributed by atoms with Crippen LogP contribution in [0.5, 0.6) is 0 Å². The van der Waals surface area contributed by atoms with E-state index in [9.17, 15) is 4.79 Å². The molecule has 2 aromatic carbocycles. The largest absolute Gasteiger partial charge is 0.378 e. The van der Waals surface area contributed by atoms with Crippen molar-refractivity contribution in [2.45, 2.75) is 33.2 Å². The lowest BCUT2D eigenvalue weighted by Crippen LogP contribution is -2.36. The van der Waals surface area contributed by atoms with Crippen LogP contribution < -0.4 is 10.3 Å². The second kappa shape index (κ2) is 13.2. The molecule has 10 nitrogen and oxygen atoms in total. The summed E-state index contributed by atoms with van der Waals surface area (Å²) in [7, 11) is 0. The van der Waals surface area contributed by atoms with Gasteiger partial charge in [0.2, 0.25) is 5.82 Å². The Balaban J connectivity index is 1.28. The van der Waals surface area contributed by atoms with Crippen molar-refractivity contribution in [1.29, 1.82) is 0 Å². The Labute approximate surface area is 235 Å². The van der Waals surface area contributed by atoms with E-state index < -0.39 is 0 Å². The monoisotopic (exact) mass is 540 g/mol. The molecule has 1 amide bonds. The molecule has 40 heavy (non-hydrogen) atoms. The van der Waals surface area contributed by atoms with E-state index in [1.165, 1.54) is 27.3 Å². The first-order valence-electron chi connectivity index (χ1n) is 13.9. The highest BCUT2D eigenvalue weighted by atomic mass is 16.5. The minimum atomic E-state index is -0.316. The molecule has 1 fully saturated rings. The highest BCUT2D eigenvalue weighted by molar-refractivity contribution is 5.85. The van der Waals surface area contributed by atoms with Crippen molar-refractivity contribution in [2.75, 3.05) is 44.3 Å². The van der Waals surface area contributed by atoms with Crippen molar-refractivity contribution < 1.29 is 9.53 Å². The molecule has 0 atom stereocenters. The lowest BCUT2D eigenvalue weighted by Gasteiger charge is -2.31. The van der Waals surface area contributed by atoms with Crippen LogP contribution in [0, 0.1) is 0 Å². The number of ether oxygens (including phenoxy) is 1. The van der Waals surface area contributed by atoms with E-state index in [2.05, 4.69) is 79.9 Å². The number of hydrazone groups is 1.